The summed E-state index contributed by atoms with van der Waals surface area (Å²) in [5.41, 5.74) is 2.60. The third-order valence-corrected chi connectivity index (χ3v) is 6.67. The highest BCUT2D eigenvalue weighted by atomic mass is 16.5. The number of nitrogens with one attached hydrogen (secondary N) is 2. The van der Waals surface area contributed by atoms with Crippen LogP contribution in [-0.2, 0) is 27.4 Å². The quantitative estimate of drug-likeness (QED) is 0.122. The number of aromatic amines is 1. The van der Waals surface area contributed by atoms with Crippen LogP contribution in [-0.4, -0.2) is 39.7 Å². The number of aromatic nitrogens is 1. The molecule has 2 aromatic carbocycles. The van der Waals surface area contributed by atoms with Gasteiger partial charge in [0, 0.05) is 35.5 Å². The maximum Gasteiger partial charge on any atom is 0.328 e. The lowest BCUT2D eigenvalue weighted by Gasteiger charge is -2.17. The van der Waals surface area contributed by atoms with E-state index < -0.39 is 6.04 Å². The van der Waals surface area contributed by atoms with Crippen molar-refractivity contribution >= 4 is 22.8 Å². The van der Waals surface area contributed by atoms with Gasteiger partial charge in [-0.2, -0.15) is 0 Å². The lowest BCUT2D eigenvalue weighted by atomic mass is 10.0. The third kappa shape index (κ3) is 11.9. The molecule has 0 saturated carbocycles. The molecule has 0 aliphatic heterocycles. The van der Waals surface area contributed by atoms with E-state index in [1.807, 2.05) is 30.5 Å². The number of unbranched alkanes of at least 4 members (excludes halogenated alkanes) is 8. The zero-order valence-corrected chi connectivity index (χ0v) is 23.6. The van der Waals surface area contributed by atoms with Crippen molar-refractivity contribution in [1.29, 1.82) is 0 Å². The summed E-state index contributed by atoms with van der Waals surface area (Å²) in [7, 11) is 0. The number of hydrogen-bond acceptors (Lipinski definition) is 5. The Hall–Kier alpha value is -3.32. The van der Waals surface area contributed by atoms with Gasteiger partial charge >= 0.3 is 5.97 Å². The molecule has 1 atom stereocenters. The summed E-state index contributed by atoms with van der Waals surface area (Å²) < 4.78 is 5.20. The van der Waals surface area contributed by atoms with Crippen molar-refractivity contribution in [1.82, 2.24) is 10.3 Å². The minimum Gasteiger partial charge on any atom is -0.508 e. The van der Waals surface area contributed by atoms with Gasteiger partial charge in [0.1, 0.15) is 11.8 Å². The first-order chi connectivity index (χ1) is 19.0. The average molecular weight is 539 g/mol. The molecular weight excluding hydrogens is 492 g/mol. The van der Waals surface area contributed by atoms with E-state index in [1.165, 1.54) is 44.9 Å². The van der Waals surface area contributed by atoms with E-state index >= 15 is 0 Å². The molecule has 7 nitrogen and oxygen atoms in total. The van der Waals surface area contributed by atoms with Crippen LogP contribution in [0.25, 0.3) is 10.9 Å². The Morgan fingerprint density at radius 1 is 0.872 bits per heavy atom. The number of hydrogen-bond donors (Lipinski definition) is 4. The molecule has 3 aromatic rings. The van der Waals surface area contributed by atoms with Crippen LogP contribution >= 0.6 is 0 Å². The summed E-state index contributed by atoms with van der Waals surface area (Å²) in [6, 6.07) is 14.0. The molecule has 0 unspecified atom stereocenters. The molecule has 3 rings (SSSR count). The minimum absolute atomic E-state index is 0.0733. The van der Waals surface area contributed by atoms with Gasteiger partial charge in [-0.05, 0) is 31.0 Å². The van der Waals surface area contributed by atoms with Crippen molar-refractivity contribution in [2.75, 3.05) is 6.61 Å². The van der Waals surface area contributed by atoms with E-state index in [1.54, 1.807) is 31.2 Å². The molecule has 0 saturated heterocycles. The van der Waals surface area contributed by atoms with Crippen molar-refractivity contribution in [3.05, 3.63) is 65.9 Å². The number of fused-ring (bicyclic) bond motifs is 1. The summed E-state index contributed by atoms with van der Waals surface area (Å²) in [4.78, 5) is 28.1. The SMILES string of the molecule is CCCCCCCCCCCC(=O)N[C@@H](Cc1c[nH]c2ccccc12)C(=O)OCC.OCc1ccccc1O. The fraction of sp³-hybridized carbons (Fsp3) is 0.500. The number of ether oxygens (including phenoxy) is 1. The van der Waals surface area contributed by atoms with Crippen LogP contribution in [0.4, 0.5) is 0 Å². The van der Waals surface area contributed by atoms with Gasteiger partial charge in [0.25, 0.3) is 0 Å². The van der Waals surface area contributed by atoms with Gasteiger partial charge in [0.2, 0.25) is 5.91 Å². The number of aliphatic hydroxyl groups is 1. The fourth-order valence-corrected chi connectivity index (χ4v) is 4.46. The number of aromatic hydroxyl groups is 1. The van der Waals surface area contributed by atoms with Crippen molar-refractivity contribution in [3.63, 3.8) is 0 Å². The summed E-state index contributed by atoms with van der Waals surface area (Å²) in [5, 5.41) is 21.5. The number of carbonyl (C=O) groups is 2. The Kier molecular flexibility index (Phi) is 15.4. The third-order valence-electron chi connectivity index (χ3n) is 6.67. The maximum absolute atomic E-state index is 12.4. The first-order valence-corrected chi connectivity index (χ1v) is 14.4. The standard InChI is InChI=1S/C25H38N2O3.C7H8O2/c1-3-5-6-7-8-9-10-11-12-17-24(28)27-23(25(29)30-4-2)18-20-19-26-22-16-14-13-15-21(20)22;8-5-6-3-1-2-4-7(6)9/h13-16,19,23,26H,3-12,17-18H2,1-2H3,(H,27,28);1-4,8-9H,5H2/t23-;/m0./s1. The summed E-state index contributed by atoms with van der Waals surface area (Å²) in [6.07, 6.45) is 13.7. The molecule has 0 fully saturated rings. The van der Waals surface area contributed by atoms with Gasteiger partial charge in [-0.15, -0.1) is 0 Å². The van der Waals surface area contributed by atoms with Crippen molar-refractivity contribution < 1.29 is 24.5 Å². The van der Waals surface area contributed by atoms with Crippen molar-refractivity contribution in [2.24, 2.45) is 0 Å². The van der Waals surface area contributed by atoms with Crippen molar-refractivity contribution in [2.45, 2.75) is 97.1 Å². The van der Waals surface area contributed by atoms with E-state index in [0.29, 0.717) is 25.0 Å². The smallest absolute Gasteiger partial charge is 0.328 e. The van der Waals surface area contributed by atoms with Gasteiger partial charge < -0.3 is 25.3 Å². The second-order valence-electron chi connectivity index (χ2n) is 9.80. The Morgan fingerprint density at radius 3 is 2.15 bits per heavy atom. The lowest BCUT2D eigenvalue weighted by Crippen LogP contribution is -2.43. The predicted octanol–water partition coefficient (Wildman–Crippen LogP) is 6.56. The zero-order valence-electron chi connectivity index (χ0n) is 23.6. The monoisotopic (exact) mass is 538 g/mol. The average Bonchev–Trinajstić information content (AvgIpc) is 3.35. The first-order valence-electron chi connectivity index (χ1n) is 14.4. The van der Waals surface area contributed by atoms with Crippen LogP contribution in [0.3, 0.4) is 0 Å². The van der Waals surface area contributed by atoms with E-state index in [2.05, 4.69) is 17.2 Å². The predicted molar refractivity (Wildman–Crippen MR) is 156 cm³/mol. The molecule has 1 amide bonds. The molecule has 214 valence electrons. The fourth-order valence-electron chi connectivity index (χ4n) is 4.46. The van der Waals surface area contributed by atoms with Gasteiger partial charge in [-0.1, -0.05) is 94.7 Å². The van der Waals surface area contributed by atoms with Gasteiger partial charge in [0.05, 0.1) is 13.2 Å². The topological polar surface area (TPSA) is 112 Å². The molecule has 1 heterocycles. The van der Waals surface area contributed by atoms with Gasteiger partial charge in [0.15, 0.2) is 0 Å². The van der Waals surface area contributed by atoms with Crippen LogP contribution in [0.1, 0.15) is 89.2 Å². The Bertz CT molecular complexity index is 1110. The Labute approximate surface area is 233 Å². The number of rotatable bonds is 16. The van der Waals surface area contributed by atoms with Gasteiger partial charge in [-0.25, -0.2) is 4.79 Å². The molecule has 1 aromatic heterocycles. The second kappa shape index (κ2) is 18.9. The van der Waals surface area contributed by atoms with E-state index in [9.17, 15) is 9.59 Å². The Morgan fingerprint density at radius 2 is 1.51 bits per heavy atom. The summed E-state index contributed by atoms with van der Waals surface area (Å²) in [6.45, 7) is 4.22. The molecule has 0 spiro atoms. The molecular formula is C32H46N2O5. The zero-order chi connectivity index (χ0) is 28.3. The van der Waals surface area contributed by atoms with Crippen LogP contribution in [0.15, 0.2) is 54.7 Å². The lowest BCUT2D eigenvalue weighted by molar-refractivity contribution is -0.147. The van der Waals surface area contributed by atoms with Crippen molar-refractivity contribution in [3.8, 4) is 5.75 Å². The molecule has 7 heteroatoms. The highest BCUT2D eigenvalue weighted by molar-refractivity contribution is 5.87. The van der Waals surface area contributed by atoms with Gasteiger partial charge in [-0.3, -0.25) is 4.79 Å². The minimum atomic E-state index is -0.657. The normalized spacial score (nSPS) is 11.5. The number of carbonyl (C=O) groups excluding carboxylic acids is 2. The Balaban J connectivity index is 0.000000499. The second-order valence-corrected chi connectivity index (χ2v) is 9.80. The maximum atomic E-state index is 12.4. The molecule has 0 radical (unpaired) electrons. The molecule has 39 heavy (non-hydrogen) atoms. The summed E-state index contributed by atoms with van der Waals surface area (Å²) >= 11 is 0. The van der Waals surface area contributed by atoms with Crippen LogP contribution in [0, 0.1) is 0 Å². The molecule has 0 aliphatic rings. The van der Waals surface area contributed by atoms with E-state index in [-0.39, 0.29) is 24.2 Å². The van der Waals surface area contributed by atoms with Crippen LogP contribution in [0.2, 0.25) is 0 Å². The highest BCUT2D eigenvalue weighted by Gasteiger charge is 2.23. The molecule has 0 bridgehead atoms. The van der Waals surface area contributed by atoms with E-state index in [4.69, 9.17) is 14.9 Å². The number of para-hydroxylation sites is 2. The van der Waals surface area contributed by atoms with Crippen LogP contribution < -0.4 is 5.32 Å². The molecule has 4 N–H and O–H groups in total. The number of amides is 1. The number of H-pyrrole nitrogens is 1. The highest BCUT2D eigenvalue weighted by Crippen LogP contribution is 2.20. The number of benzene rings is 2. The number of phenols is 1. The van der Waals surface area contributed by atoms with Crippen LogP contribution in [0.5, 0.6) is 5.75 Å². The number of esters is 1. The van der Waals surface area contributed by atoms with E-state index in [0.717, 1.165) is 29.3 Å². The summed E-state index contributed by atoms with van der Waals surface area (Å²) in [5.74, 6) is -0.293. The molecule has 0 aliphatic carbocycles. The first kappa shape index (κ1) is 31.9. The number of aliphatic hydroxyl groups excluding tert-OH is 1. The largest absolute Gasteiger partial charge is 0.508 e.